The third-order valence-electron chi connectivity index (χ3n) is 5.37. The second kappa shape index (κ2) is 10.0. The van der Waals surface area contributed by atoms with Crippen molar-refractivity contribution >= 4 is 17.5 Å². The van der Waals surface area contributed by atoms with Crippen LogP contribution in [0.15, 0.2) is 34.0 Å². The zero-order valence-corrected chi connectivity index (χ0v) is 17.2. The first kappa shape index (κ1) is 22.2. The van der Waals surface area contributed by atoms with Gasteiger partial charge in [0.1, 0.15) is 6.20 Å². The van der Waals surface area contributed by atoms with Gasteiger partial charge >= 0.3 is 5.69 Å². The highest BCUT2D eigenvalue weighted by Crippen LogP contribution is 2.23. The molecular formula is C20H25ClN4O5. The molecule has 1 aliphatic rings. The summed E-state index contributed by atoms with van der Waals surface area (Å²) in [6.07, 6.45) is 5.19. The number of aliphatic hydroxyl groups excluding tert-OH is 2. The number of carbonyl (C=O) groups is 1. The lowest BCUT2D eigenvalue weighted by Crippen LogP contribution is -2.41. The molecule has 10 heteroatoms. The van der Waals surface area contributed by atoms with Crippen molar-refractivity contribution in [1.29, 1.82) is 0 Å². The molecule has 162 valence electrons. The van der Waals surface area contributed by atoms with E-state index in [0.717, 1.165) is 47.5 Å². The van der Waals surface area contributed by atoms with Crippen LogP contribution in [0.5, 0.6) is 0 Å². The molecule has 0 bridgehead atoms. The van der Waals surface area contributed by atoms with E-state index < -0.39 is 23.3 Å². The Balaban J connectivity index is 1.83. The summed E-state index contributed by atoms with van der Waals surface area (Å²) in [5, 5.41) is 26.2. The molecule has 1 aromatic heterocycles. The summed E-state index contributed by atoms with van der Waals surface area (Å²) in [4.78, 5) is 37.1. The first-order chi connectivity index (χ1) is 14.4. The lowest BCUT2D eigenvalue weighted by Gasteiger charge is -2.21. The van der Waals surface area contributed by atoms with Gasteiger partial charge in [0.2, 0.25) is 0 Å². The topological polar surface area (TPSA) is 126 Å². The van der Waals surface area contributed by atoms with Gasteiger partial charge in [0.05, 0.1) is 35.5 Å². The average Bonchev–Trinajstić information content (AvgIpc) is 2.94. The molecule has 2 aromatic rings. The van der Waals surface area contributed by atoms with Crippen molar-refractivity contribution in [1.82, 2.24) is 19.7 Å². The monoisotopic (exact) mass is 436 g/mol. The SMILES string of the molecule is O=C(NCC1CCCCCC1O)c1cc(-n2ncc(=O)n(CCO)c2=O)ccc1Cl. The first-order valence-corrected chi connectivity index (χ1v) is 10.4. The molecular weight excluding hydrogens is 412 g/mol. The molecule has 3 N–H and O–H groups in total. The van der Waals surface area contributed by atoms with Crippen LogP contribution in [0.1, 0.15) is 42.5 Å². The van der Waals surface area contributed by atoms with Crippen molar-refractivity contribution in [3.8, 4) is 5.69 Å². The van der Waals surface area contributed by atoms with Gasteiger partial charge in [-0.1, -0.05) is 30.9 Å². The number of nitrogens with zero attached hydrogens (tertiary/aromatic N) is 3. The Labute approximate surface area is 177 Å². The van der Waals surface area contributed by atoms with E-state index in [-0.39, 0.29) is 35.3 Å². The van der Waals surface area contributed by atoms with Gasteiger partial charge in [-0.25, -0.2) is 4.79 Å². The van der Waals surface area contributed by atoms with Crippen molar-refractivity contribution < 1.29 is 15.0 Å². The van der Waals surface area contributed by atoms with E-state index in [0.29, 0.717) is 6.54 Å². The molecule has 0 radical (unpaired) electrons. The minimum absolute atomic E-state index is 0.00951. The van der Waals surface area contributed by atoms with Crippen LogP contribution in [-0.4, -0.2) is 49.7 Å². The van der Waals surface area contributed by atoms with E-state index in [2.05, 4.69) is 10.4 Å². The molecule has 1 aromatic carbocycles. The predicted octanol–water partition coefficient (Wildman–Crippen LogP) is 0.711. The molecule has 9 nitrogen and oxygen atoms in total. The summed E-state index contributed by atoms with van der Waals surface area (Å²) in [5.74, 6) is -0.431. The highest BCUT2D eigenvalue weighted by Gasteiger charge is 2.23. The standard InChI is InChI=1S/C20H25ClN4O5/c21-16-7-6-14(25-20(30)24(8-9-26)18(28)12-23-25)10-15(16)19(29)22-11-13-4-2-1-3-5-17(13)27/h6-7,10,12-13,17,26-27H,1-5,8-9,11H2,(H,22,29). The highest BCUT2D eigenvalue weighted by molar-refractivity contribution is 6.33. The van der Waals surface area contributed by atoms with Crippen LogP contribution in [0.3, 0.4) is 0 Å². The fraction of sp³-hybridized carbons (Fsp3) is 0.500. The molecule has 30 heavy (non-hydrogen) atoms. The Bertz CT molecular complexity index is 1020. The van der Waals surface area contributed by atoms with Gasteiger partial charge in [0.15, 0.2) is 0 Å². The molecule has 1 amide bonds. The van der Waals surface area contributed by atoms with Crippen molar-refractivity contribution in [2.24, 2.45) is 5.92 Å². The third kappa shape index (κ3) is 4.97. The number of benzene rings is 1. The van der Waals surface area contributed by atoms with Crippen LogP contribution in [-0.2, 0) is 6.54 Å². The number of aromatic nitrogens is 3. The van der Waals surface area contributed by atoms with Crippen molar-refractivity contribution in [2.45, 2.75) is 44.8 Å². The molecule has 0 saturated heterocycles. The number of hydrogen-bond acceptors (Lipinski definition) is 6. The maximum atomic E-state index is 12.7. The van der Waals surface area contributed by atoms with Crippen LogP contribution >= 0.6 is 11.6 Å². The molecule has 2 atom stereocenters. The third-order valence-corrected chi connectivity index (χ3v) is 5.70. The van der Waals surface area contributed by atoms with Crippen LogP contribution < -0.4 is 16.6 Å². The molecule has 0 aliphatic heterocycles. The van der Waals surface area contributed by atoms with E-state index in [9.17, 15) is 19.5 Å². The number of nitrogens with one attached hydrogen (secondary N) is 1. The number of halogens is 1. The number of carbonyl (C=O) groups excluding carboxylic acids is 1. The number of rotatable bonds is 6. The predicted molar refractivity (Wildman–Crippen MR) is 111 cm³/mol. The normalized spacial score (nSPS) is 19.3. The number of hydrogen-bond donors (Lipinski definition) is 3. The maximum absolute atomic E-state index is 12.7. The van der Waals surface area contributed by atoms with Crippen molar-refractivity contribution in [3.05, 3.63) is 55.8 Å². The summed E-state index contributed by atoms with van der Waals surface area (Å²) in [5.41, 5.74) is -0.937. The van der Waals surface area contributed by atoms with Gasteiger partial charge < -0.3 is 15.5 Å². The van der Waals surface area contributed by atoms with E-state index >= 15 is 0 Å². The van der Waals surface area contributed by atoms with Crippen molar-refractivity contribution in [3.63, 3.8) is 0 Å². The lowest BCUT2D eigenvalue weighted by atomic mass is 9.97. The quantitative estimate of drug-likeness (QED) is 0.572. The van der Waals surface area contributed by atoms with Crippen LogP contribution in [0.25, 0.3) is 5.69 Å². The average molecular weight is 437 g/mol. The lowest BCUT2D eigenvalue weighted by molar-refractivity contribution is 0.0854. The number of amides is 1. The summed E-state index contributed by atoms with van der Waals surface area (Å²) >= 11 is 6.19. The minimum Gasteiger partial charge on any atom is -0.395 e. The van der Waals surface area contributed by atoms with Gasteiger partial charge in [-0.2, -0.15) is 9.78 Å². The molecule has 1 aliphatic carbocycles. The highest BCUT2D eigenvalue weighted by atomic mass is 35.5. The van der Waals surface area contributed by atoms with Crippen LogP contribution in [0.2, 0.25) is 5.02 Å². The van der Waals surface area contributed by atoms with Gasteiger partial charge in [-0.15, -0.1) is 0 Å². The maximum Gasteiger partial charge on any atom is 0.352 e. The minimum atomic E-state index is -0.730. The van der Waals surface area contributed by atoms with E-state index in [4.69, 9.17) is 16.7 Å². The molecule has 1 heterocycles. The fourth-order valence-corrected chi connectivity index (χ4v) is 3.86. The molecule has 1 saturated carbocycles. The number of aliphatic hydroxyl groups is 2. The van der Waals surface area contributed by atoms with E-state index in [1.165, 1.54) is 18.2 Å². The van der Waals surface area contributed by atoms with E-state index in [1.807, 2.05) is 0 Å². The Morgan fingerprint density at radius 1 is 1.23 bits per heavy atom. The smallest absolute Gasteiger partial charge is 0.352 e. The Morgan fingerprint density at radius 2 is 2.00 bits per heavy atom. The Morgan fingerprint density at radius 3 is 2.77 bits per heavy atom. The van der Waals surface area contributed by atoms with Gasteiger partial charge in [0, 0.05) is 12.5 Å². The fourth-order valence-electron chi connectivity index (χ4n) is 3.66. The zero-order valence-electron chi connectivity index (χ0n) is 16.5. The van der Waals surface area contributed by atoms with Crippen LogP contribution in [0.4, 0.5) is 0 Å². The Kier molecular flexibility index (Phi) is 7.41. The van der Waals surface area contributed by atoms with Gasteiger partial charge in [0.25, 0.3) is 11.5 Å². The molecule has 2 unspecified atom stereocenters. The van der Waals surface area contributed by atoms with E-state index in [1.54, 1.807) is 0 Å². The molecule has 0 spiro atoms. The summed E-state index contributed by atoms with van der Waals surface area (Å²) in [7, 11) is 0. The largest absolute Gasteiger partial charge is 0.395 e. The molecule has 3 rings (SSSR count). The summed E-state index contributed by atoms with van der Waals surface area (Å²) in [6, 6.07) is 4.40. The summed E-state index contributed by atoms with van der Waals surface area (Å²) < 4.78 is 1.83. The van der Waals surface area contributed by atoms with Crippen LogP contribution in [0, 0.1) is 5.92 Å². The summed E-state index contributed by atoms with van der Waals surface area (Å²) in [6.45, 7) is -0.203. The van der Waals surface area contributed by atoms with Gasteiger partial charge in [-0.05, 0) is 31.0 Å². The first-order valence-electron chi connectivity index (χ1n) is 9.98. The van der Waals surface area contributed by atoms with Gasteiger partial charge in [-0.3, -0.25) is 14.2 Å². The second-order valence-corrected chi connectivity index (χ2v) is 7.80. The van der Waals surface area contributed by atoms with Crippen molar-refractivity contribution in [2.75, 3.05) is 13.2 Å². The second-order valence-electron chi connectivity index (χ2n) is 7.39. The Hall–Kier alpha value is -2.49. The molecule has 1 fully saturated rings. The zero-order chi connectivity index (χ0) is 21.7.